The molecule has 0 aliphatic rings. The first-order valence-electron chi connectivity index (χ1n) is 7.58. The van der Waals surface area contributed by atoms with Crippen molar-refractivity contribution in [3.8, 4) is 17.0 Å². The second-order valence-corrected chi connectivity index (χ2v) is 7.05. The zero-order valence-corrected chi connectivity index (χ0v) is 16.0. The molecule has 3 aromatic rings. The number of para-hydroxylation sites is 1. The fourth-order valence-electron chi connectivity index (χ4n) is 2.27. The van der Waals surface area contributed by atoms with Crippen molar-refractivity contribution in [2.45, 2.75) is 13.2 Å². The van der Waals surface area contributed by atoms with Gasteiger partial charge in [0, 0.05) is 27.7 Å². The van der Waals surface area contributed by atoms with Crippen molar-refractivity contribution in [2.75, 3.05) is 5.32 Å². The average Bonchev–Trinajstić information content (AvgIpc) is 3.06. The van der Waals surface area contributed by atoms with Crippen LogP contribution in [0.5, 0.6) is 5.75 Å². The topological polar surface area (TPSA) is 73.2 Å². The normalized spacial score (nSPS) is 10.8. The Kier molecular flexibility index (Phi) is 5.97. The van der Waals surface area contributed by atoms with E-state index < -0.39 is 12.5 Å². The molecule has 0 bridgehead atoms. The SMILES string of the molecule is O=C(Cn1cc(Br)ccc1=O)Nc1nc(-c2ccccc2OC(F)F)cs1. The molecule has 1 N–H and O–H groups in total. The predicted octanol–water partition coefficient (Wildman–Crippen LogP) is 3.97. The smallest absolute Gasteiger partial charge is 0.387 e. The summed E-state index contributed by atoms with van der Waals surface area (Å²) in [6, 6.07) is 9.19. The number of anilines is 1. The molecule has 0 saturated heterocycles. The van der Waals surface area contributed by atoms with Gasteiger partial charge in [-0.3, -0.25) is 9.59 Å². The molecule has 27 heavy (non-hydrogen) atoms. The van der Waals surface area contributed by atoms with Crippen LogP contribution in [0.2, 0.25) is 0 Å². The number of carbonyl (C=O) groups excluding carboxylic acids is 1. The van der Waals surface area contributed by atoms with E-state index in [1.807, 2.05) is 0 Å². The molecule has 2 aromatic heterocycles. The van der Waals surface area contributed by atoms with E-state index in [9.17, 15) is 18.4 Å². The minimum absolute atomic E-state index is 0.00337. The molecule has 6 nitrogen and oxygen atoms in total. The van der Waals surface area contributed by atoms with Crippen molar-refractivity contribution < 1.29 is 18.3 Å². The fourth-order valence-corrected chi connectivity index (χ4v) is 3.38. The van der Waals surface area contributed by atoms with Crippen LogP contribution in [0.25, 0.3) is 11.3 Å². The van der Waals surface area contributed by atoms with Gasteiger partial charge < -0.3 is 14.6 Å². The van der Waals surface area contributed by atoms with E-state index in [0.29, 0.717) is 15.7 Å². The van der Waals surface area contributed by atoms with Crippen LogP contribution < -0.4 is 15.6 Å². The number of rotatable bonds is 6. The first-order chi connectivity index (χ1) is 12.9. The van der Waals surface area contributed by atoms with Crippen molar-refractivity contribution in [3.05, 3.63) is 62.8 Å². The molecule has 140 valence electrons. The average molecular weight is 456 g/mol. The van der Waals surface area contributed by atoms with Gasteiger partial charge in [-0.05, 0) is 34.1 Å². The molecule has 0 aliphatic heterocycles. The number of thiazole rings is 1. The number of halogens is 3. The van der Waals surface area contributed by atoms with Gasteiger partial charge in [0.1, 0.15) is 12.3 Å². The van der Waals surface area contributed by atoms with Crippen molar-refractivity contribution in [1.82, 2.24) is 9.55 Å². The molecule has 0 spiro atoms. The van der Waals surface area contributed by atoms with E-state index in [2.05, 4.69) is 31.0 Å². The quantitative estimate of drug-likeness (QED) is 0.610. The Hall–Kier alpha value is -2.59. The van der Waals surface area contributed by atoms with Gasteiger partial charge in [0.15, 0.2) is 5.13 Å². The number of hydrogen-bond donors (Lipinski definition) is 1. The molecule has 1 amide bonds. The number of amides is 1. The molecule has 1 aromatic carbocycles. The van der Waals surface area contributed by atoms with Crippen molar-refractivity contribution >= 4 is 38.3 Å². The number of nitrogens with zero attached hydrogens (tertiary/aromatic N) is 2. The van der Waals surface area contributed by atoms with Crippen molar-refractivity contribution in [2.24, 2.45) is 0 Å². The maximum atomic E-state index is 12.5. The Morgan fingerprint density at radius 3 is 2.85 bits per heavy atom. The summed E-state index contributed by atoms with van der Waals surface area (Å²) in [6.07, 6.45) is 1.51. The zero-order chi connectivity index (χ0) is 19.4. The van der Waals surface area contributed by atoms with E-state index >= 15 is 0 Å². The highest BCUT2D eigenvalue weighted by Gasteiger charge is 2.14. The summed E-state index contributed by atoms with van der Waals surface area (Å²) in [7, 11) is 0. The minimum atomic E-state index is -2.95. The number of hydrogen-bond acceptors (Lipinski definition) is 5. The Bertz CT molecular complexity index is 1020. The second-order valence-electron chi connectivity index (χ2n) is 5.27. The van der Waals surface area contributed by atoms with E-state index in [0.717, 1.165) is 11.3 Å². The third kappa shape index (κ3) is 4.98. The number of benzene rings is 1. The van der Waals surface area contributed by atoms with Crippen LogP contribution in [-0.2, 0) is 11.3 Å². The number of pyridine rings is 1. The number of ether oxygens (including phenoxy) is 1. The van der Waals surface area contributed by atoms with Crippen LogP contribution in [0.4, 0.5) is 13.9 Å². The van der Waals surface area contributed by atoms with Gasteiger partial charge >= 0.3 is 6.61 Å². The Morgan fingerprint density at radius 2 is 2.07 bits per heavy atom. The van der Waals surface area contributed by atoms with Crippen LogP contribution >= 0.6 is 27.3 Å². The van der Waals surface area contributed by atoms with Gasteiger partial charge in [-0.2, -0.15) is 8.78 Å². The van der Waals surface area contributed by atoms with Crippen LogP contribution in [0.15, 0.2) is 57.2 Å². The van der Waals surface area contributed by atoms with E-state index in [1.54, 1.807) is 29.6 Å². The minimum Gasteiger partial charge on any atom is -0.434 e. The lowest BCUT2D eigenvalue weighted by molar-refractivity contribution is -0.116. The summed E-state index contributed by atoms with van der Waals surface area (Å²) >= 11 is 4.37. The van der Waals surface area contributed by atoms with Crippen molar-refractivity contribution in [3.63, 3.8) is 0 Å². The fraction of sp³-hybridized carbons (Fsp3) is 0.118. The lowest BCUT2D eigenvalue weighted by Crippen LogP contribution is -2.26. The highest BCUT2D eigenvalue weighted by atomic mass is 79.9. The van der Waals surface area contributed by atoms with E-state index in [-0.39, 0.29) is 23.0 Å². The third-order valence-electron chi connectivity index (χ3n) is 3.39. The molecule has 0 atom stereocenters. The summed E-state index contributed by atoms with van der Waals surface area (Å²) in [5, 5.41) is 4.49. The first kappa shape index (κ1) is 19.2. The van der Waals surface area contributed by atoms with Gasteiger partial charge in [-0.15, -0.1) is 11.3 Å². The van der Waals surface area contributed by atoms with Gasteiger partial charge in [-0.1, -0.05) is 12.1 Å². The first-order valence-corrected chi connectivity index (χ1v) is 9.25. The third-order valence-corrected chi connectivity index (χ3v) is 4.62. The standard InChI is InChI=1S/C17H12BrF2N3O3S/c18-10-5-6-15(25)23(7-10)8-14(24)22-17-21-12(9-27-17)11-3-1-2-4-13(11)26-16(19)20/h1-7,9,16H,8H2,(H,21,22,24). The summed E-state index contributed by atoms with van der Waals surface area (Å²) in [6.45, 7) is -3.13. The maximum absolute atomic E-state index is 12.5. The number of carbonyl (C=O) groups is 1. The number of aromatic nitrogens is 2. The van der Waals surface area contributed by atoms with E-state index in [1.165, 1.54) is 22.9 Å². The summed E-state index contributed by atoms with van der Waals surface area (Å²) < 4.78 is 31.5. The molecule has 0 radical (unpaired) electrons. The molecular formula is C17H12BrF2N3O3S. The zero-order valence-electron chi connectivity index (χ0n) is 13.6. The van der Waals surface area contributed by atoms with Crippen LogP contribution in [0.1, 0.15) is 0 Å². The molecule has 0 aliphatic carbocycles. The Balaban J connectivity index is 1.74. The molecule has 3 rings (SSSR count). The Labute approximate surface area is 164 Å². The van der Waals surface area contributed by atoms with Crippen LogP contribution in [0, 0.1) is 0 Å². The van der Waals surface area contributed by atoms with Gasteiger partial charge in [0.05, 0.1) is 5.69 Å². The molecular weight excluding hydrogens is 444 g/mol. The lowest BCUT2D eigenvalue weighted by atomic mass is 10.1. The maximum Gasteiger partial charge on any atom is 0.387 e. The highest BCUT2D eigenvalue weighted by molar-refractivity contribution is 9.10. The second kappa shape index (κ2) is 8.40. The molecule has 2 heterocycles. The Morgan fingerprint density at radius 1 is 1.30 bits per heavy atom. The van der Waals surface area contributed by atoms with Crippen LogP contribution in [-0.4, -0.2) is 22.1 Å². The van der Waals surface area contributed by atoms with Gasteiger partial charge in [0.25, 0.3) is 5.56 Å². The number of nitrogens with one attached hydrogen (secondary N) is 1. The van der Waals surface area contributed by atoms with Crippen molar-refractivity contribution in [1.29, 1.82) is 0 Å². The van der Waals surface area contributed by atoms with Crippen LogP contribution in [0.3, 0.4) is 0 Å². The monoisotopic (exact) mass is 455 g/mol. The predicted molar refractivity (Wildman–Crippen MR) is 101 cm³/mol. The van der Waals surface area contributed by atoms with E-state index in [4.69, 9.17) is 0 Å². The summed E-state index contributed by atoms with van der Waals surface area (Å²) in [4.78, 5) is 28.1. The highest BCUT2D eigenvalue weighted by Crippen LogP contribution is 2.32. The molecule has 0 fully saturated rings. The lowest BCUT2D eigenvalue weighted by Gasteiger charge is -2.08. The molecule has 0 saturated carbocycles. The van der Waals surface area contributed by atoms with Gasteiger partial charge in [-0.25, -0.2) is 4.98 Å². The summed E-state index contributed by atoms with van der Waals surface area (Å²) in [5.74, 6) is -0.440. The molecule has 10 heteroatoms. The van der Waals surface area contributed by atoms with Gasteiger partial charge in [0.2, 0.25) is 5.91 Å². The number of alkyl halides is 2. The molecule has 0 unspecified atom stereocenters. The largest absolute Gasteiger partial charge is 0.434 e. The summed E-state index contributed by atoms with van der Waals surface area (Å²) in [5.41, 5.74) is 0.468.